The van der Waals surface area contributed by atoms with Gasteiger partial charge in [0.2, 0.25) is 0 Å². The van der Waals surface area contributed by atoms with Gasteiger partial charge in [0.15, 0.2) is 0 Å². The van der Waals surface area contributed by atoms with E-state index in [2.05, 4.69) is 39.1 Å². The zero-order chi connectivity index (χ0) is 11.3. The molecule has 2 heteroatoms. The minimum atomic E-state index is 0.202. The molecule has 0 heterocycles. The maximum absolute atomic E-state index is 5.83. The van der Waals surface area contributed by atoms with Crippen molar-refractivity contribution < 1.29 is 4.74 Å². The van der Waals surface area contributed by atoms with E-state index >= 15 is 0 Å². The van der Waals surface area contributed by atoms with Crippen molar-refractivity contribution in [1.29, 1.82) is 0 Å². The van der Waals surface area contributed by atoms with Gasteiger partial charge in [0.1, 0.15) is 11.9 Å². The molecule has 0 aliphatic carbocycles. The Balaban J connectivity index is 2.44. The van der Waals surface area contributed by atoms with E-state index in [0.29, 0.717) is 6.04 Å². The monoisotopic (exact) mass is 207 g/mol. The van der Waals surface area contributed by atoms with Crippen LogP contribution in [0.1, 0.15) is 26.3 Å². The summed E-state index contributed by atoms with van der Waals surface area (Å²) in [6, 6.07) is 8.62. The third-order valence-electron chi connectivity index (χ3n) is 2.24. The molecule has 84 valence electrons. The second kappa shape index (κ2) is 5.76. The van der Waals surface area contributed by atoms with Gasteiger partial charge in [0.25, 0.3) is 0 Å². The molecule has 1 aromatic carbocycles. The lowest BCUT2D eigenvalue weighted by atomic mass is 10.2. The van der Waals surface area contributed by atoms with Crippen LogP contribution in [-0.2, 0) is 0 Å². The van der Waals surface area contributed by atoms with Crippen molar-refractivity contribution in [2.75, 3.05) is 6.54 Å². The molecule has 0 amide bonds. The highest BCUT2D eigenvalue weighted by Gasteiger charge is 2.05. The second-order valence-corrected chi connectivity index (χ2v) is 4.26. The quantitative estimate of drug-likeness (QED) is 0.801. The lowest BCUT2D eigenvalue weighted by Gasteiger charge is -2.18. The molecule has 0 radical (unpaired) electrons. The van der Waals surface area contributed by atoms with Gasteiger partial charge in [-0.3, -0.25) is 0 Å². The summed E-state index contributed by atoms with van der Waals surface area (Å²) >= 11 is 0. The third kappa shape index (κ3) is 4.34. The highest BCUT2D eigenvalue weighted by molar-refractivity contribution is 5.31. The van der Waals surface area contributed by atoms with Crippen LogP contribution in [0.25, 0.3) is 0 Å². The Kier molecular flexibility index (Phi) is 4.63. The number of para-hydroxylation sites is 1. The first-order valence-corrected chi connectivity index (χ1v) is 5.55. The van der Waals surface area contributed by atoms with Crippen LogP contribution in [-0.4, -0.2) is 18.7 Å². The molecule has 1 unspecified atom stereocenters. The fourth-order valence-corrected chi connectivity index (χ4v) is 1.35. The Morgan fingerprint density at radius 1 is 1.20 bits per heavy atom. The lowest BCUT2D eigenvalue weighted by molar-refractivity contribution is 0.212. The van der Waals surface area contributed by atoms with Gasteiger partial charge < -0.3 is 10.1 Å². The van der Waals surface area contributed by atoms with Gasteiger partial charge >= 0.3 is 0 Å². The zero-order valence-corrected chi connectivity index (χ0v) is 10.1. The summed E-state index contributed by atoms with van der Waals surface area (Å²) in [6.45, 7) is 9.31. The second-order valence-electron chi connectivity index (χ2n) is 4.26. The summed E-state index contributed by atoms with van der Waals surface area (Å²) in [5, 5.41) is 3.36. The molecule has 0 bridgehead atoms. The van der Waals surface area contributed by atoms with Gasteiger partial charge in [0.05, 0.1) is 0 Å². The van der Waals surface area contributed by atoms with E-state index in [1.54, 1.807) is 0 Å². The predicted molar refractivity (Wildman–Crippen MR) is 64.4 cm³/mol. The molecule has 0 aromatic heterocycles. The molecule has 0 aliphatic heterocycles. The molecule has 0 spiro atoms. The Hall–Kier alpha value is -1.02. The first-order valence-electron chi connectivity index (χ1n) is 5.55. The maximum Gasteiger partial charge on any atom is 0.122 e. The van der Waals surface area contributed by atoms with Gasteiger partial charge in [-0.2, -0.15) is 0 Å². The number of rotatable bonds is 5. The minimum Gasteiger partial charge on any atom is -0.489 e. The summed E-state index contributed by atoms with van der Waals surface area (Å²) in [7, 11) is 0. The van der Waals surface area contributed by atoms with Crippen molar-refractivity contribution in [3.05, 3.63) is 29.8 Å². The molecule has 1 N–H and O–H groups in total. The van der Waals surface area contributed by atoms with Crippen molar-refractivity contribution in [3.63, 3.8) is 0 Å². The van der Waals surface area contributed by atoms with Crippen LogP contribution in [0.4, 0.5) is 0 Å². The lowest BCUT2D eigenvalue weighted by Crippen LogP contribution is -2.33. The Morgan fingerprint density at radius 2 is 1.87 bits per heavy atom. The normalized spacial score (nSPS) is 12.9. The van der Waals surface area contributed by atoms with Gasteiger partial charge in [0, 0.05) is 12.6 Å². The molecule has 0 aliphatic rings. The fourth-order valence-electron chi connectivity index (χ4n) is 1.35. The molecule has 2 nitrogen and oxygen atoms in total. The van der Waals surface area contributed by atoms with Gasteiger partial charge in [-0.15, -0.1) is 0 Å². The van der Waals surface area contributed by atoms with Crippen LogP contribution < -0.4 is 10.1 Å². The SMILES string of the molecule is Cc1ccccc1OC(C)CNC(C)C. The van der Waals surface area contributed by atoms with E-state index in [0.717, 1.165) is 12.3 Å². The molecule has 15 heavy (non-hydrogen) atoms. The van der Waals surface area contributed by atoms with Gasteiger partial charge in [-0.05, 0) is 25.5 Å². The Bertz CT molecular complexity index is 296. The summed E-state index contributed by atoms with van der Waals surface area (Å²) in [5.74, 6) is 0.982. The summed E-state index contributed by atoms with van der Waals surface area (Å²) in [5.41, 5.74) is 1.19. The highest BCUT2D eigenvalue weighted by atomic mass is 16.5. The fraction of sp³-hybridized carbons (Fsp3) is 0.538. The largest absolute Gasteiger partial charge is 0.489 e. The van der Waals surface area contributed by atoms with Crippen LogP contribution in [0.3, 0.4) is 0 Å². The van der Waals surface area contributed by atoms with Gasteiger partial charge in [-0.1, -0.05) is 32.0 Å². The van der Waals surface area contributed by atoms with Crippen LogP contribution >= 0.6 is 0 Å². The number of nitrogens with one attached hydrogen (secondary N) is 1. The molecule has 0 saturated carbocycles. The van der Waals surface area contributed by atoms with Crippen LogP contribution in [0, 0.1) is 6.92 Å². The maximum atomic E-state index is 5.83. The Labute approximate surface area is 92.6 Å². The van der Waals surface area contributed by atoms with Gasteiger partial charge in [-0.25, -0.2) is 0 Å². The Morgan fingerprint density at radius 3 is 2.47 bits per heavy atom. The summed E-state index contributed by atoms with van der Waals surface area (Å²) < 4.78 is 5.83. The predicted octanol–water partition coefficient (Wildman–Crippen LogP) is 2.76. The van der Waals surface area contributed by atoms with Crippen molar-refractivity contribution in [2.45, 2.75) is 39.8 Å². The van der Waals surface area contributed by atoms with Crippen LogP contribution in [0.15, 0.2) is 24.3 Å². The summed E-state index contributed by atoms with van der Waals surface area (Å²) in [6.07, 6.45) is 0.202. The number of ether oxygens (including phenoxy) is 1. The average molecular weight is 207 g/mol. The van der Waals surface area contributed by atoms with E-state index in [1.165, 1.54) is 5.56 Å². The number of benzene rings is 1. The average Bonchev–Trinajstić information content (AvgIpc) is 2.18. The topological polar surface area (TPSA) is 21.3 Å². The van der Waals surface area contributed by atoms with E-state index in [-0.39, 0.29) is 6.10 Å². The van der Waals surface area contributed by atoms with E-state index in [9.17, 15) is 0 Å². The van der Waals surface area contributed by atoms with Crippen molar-refractivity contribution in [3.8, 4) is 5.75 Å². The van der Waals surface area contributed by atoms with E-state index in [4.69, 9.17) is 4.74 Å². The van der Waals surface area contributed by atoms with Crippen molar-refractivity contribution >= 4 is 0 Å². The van der Waals surface area contributed by atoms with Crippen molar-refractivity contribution in [2.24, 2.45) is 0 Å². The first-order chi connectivity index (χ1) is 7.09. The van der Waals surface area contributed by atoms with Crippen LogP contribution in [0.2, 0.25) is 0 Å². The molecule has 1 aromatic rings. The molecular formula is C13H21NO. The molecule has 0 saturated heterocycles. The number of aryl methyl sites for hydroxylation is 1. The third-order valence-corrected chi connectivity index (χ3v) is 2.24. The molecular weight excluding hydrogens is 186 g/mol. The summed E-state index contributed by atoms with van der Waals surface area (Å²) in [4.78, 5) is 0. The van der Waals surface area contributed by atoms with E-state index < -0.39 is 0 Å². The zero-order valence-electron chi connectivity index (χ0n) is 10.1. The molecule has 0 fully saturated rings. The number of hydrogen-bond donors (Lipinski definition) is 1. The highest BCUT2D eigenvalue weighted by Crippen LogP contribution is 2.17. The molecule has 1 rings (SSSR count). The smallest absolute Gasteiger partial charge is 0.122 e. The van der Waals surface area contributed by atoms with Crippen molar-refractivity contribution in [1.82, 2.24) is 5.32 Å². The van der Waals surface area contributed by atoms with Crippen LogP contribution in [0.5, 0.6) is 5.75 Å². The van der Waals surface area contributed by atoms with E-state index in [1.807, 2.05) is 18.2 Å². The first kappa shape index (κ1) is 12.1. The molecule has 1 atom stereocenters. The minimum absolute atomic E-state index is 0.202. The number of hydrogen-bond acceptors (Lipinski definition) is 2. The standard InChI is InChI=1S/C13H21NO/c1-10(2)14-9-12(4)15-13-8-6-5-7-11(13)3/h5-8,10,12,14H,9H2,1-4H3.